The van der Waals surface area contributed by atoms with E-state index in [1.54, 1.807) is 18.2 Å². The molecule has 4 nitrogen and oxygen atoms in total. The third-order valence-electron chi connectivity index (χ3n) is 2.31. The van der Waals surface area contributed by atoms with Gasteiger partial charge in [-0.3, -0.25) is 4.79 Å². The Balaban J connectivity index is 2.65. The van der Waals surface area contributed by atoms with Gasteiger partial charge in [-0.05, 0) is 41.1 Å². The maximum Gasteiger partial charge on any atom is 0.257 e. The lowest BCUT2D eigenvalue weighted by atomic mass is 10.2. The van der Waals surface area contributed by atoms with Crippen LogP contribution < -0.4 is 5.56 Å². The number of aromatic amines is 1. The van der Waals surface area contributed by atoms with E-state index in [1.807, 2.05) is 0 Å². The molecular weight excluding hydrogens is 307 g/mol. The quantitative estimate of drug-likeness (QED) is 0.850. The van der Waals surface area contributed by atoms with Crippen LogP contribution in [0.1, 0.15) is 5.56 Å². The van der Waals surface area contributed by atoms with Crippen LogP contribution in [0.15, 0.2) is 27.5 Å². The molecule has 0 saturated carbocycles. The van der Waals surface area contributed by atoms with Gasteiger partial charge in [0.2, 0.25) is 5.88 Å². The molecule has 0 bridgehead atoms. The second kappa shape index (κ2) is 4.50. The summed E-state index contributed by atoms with van der Waals surface area (Å²) in [5.74, 6) is 0.0206. The summed E-state index contributed by atoms with van der Waals surface area (Å²) in [5, 5.41) is 10.1. The topological polar surface area (TPSA) is 66.0 Å². The largest absolute Gasteiger partial charge is 0.493 e. The van der Waals surface area contributed by atoms with Crippen LogP contribution >= 0.6 is 27.5 Å². The van der Waals surface area contributed by atoms with Crippen LogP contribution in [-0.4, -0.2) is 15.1 Å². The van der Waals surface area contributed by atoms with E-state index in [-0.39, 0.29) is 17.0 Å². The van der Waals surface area contributed by atoms with Gasteiger partial charge in [0.1, 0.15) is 5.82 Å². The monoisotopic (exact) mass is 314 g/mol. The van der Waals surface area contributed by atoms with Gasteiger partial charge >= 0.3 is 0 Å². The second-order valence-electron chi connectivity index (χ2n) is 3.49. The van der Waals surface area contributed by atoms with Gasteiger partial charge in [-0.1, -0.05) is 11.6 Å². The molecule has 0 atom stereocenters. The van der Waals surface area contributed by atoms with Crippen molar-refractivity contribution >= 4 is 27.5 Å². The van der Waals surface area contributed by atoms with Crippen LogP contribution in [0.4, 0.5) is 0 Å². The lowest BCUT2D eigenvalue weighted by Gasteiger charge is -2.05. The molecule has 2 aromatic rings. The summed E-state index contributed by atoms with van der Waals surface area (Å²) in [5.41, 5.74) is 0.481. The van der Waals surface area contributed by atoms with E-state index in [9.17, 15) is 9.90 Å². The summed E-state index contributed by atoms with van der Waals surface area (Å²) in [6.07, 6.45) is 0. The maximum atomic E-state index is 11.5. The van der Waals surface area contributed by atoms with Gasteiger partial charge in [0.05, 0.1) is 5.56 Å². The van der Waals surface area contributed by atoms with Crippen molar-refractivity contribution < 1.29 is 5.11 Å². The number of halogens is 2. The van der Waals surface area contributed by atoms with Gasteiger partial charge in [-0.15, -0.1) is 0 Å². The molecule has 0 spiro atoms. The lowest BCUT2D eigenvalue weighted by molar-refractivity contribution is 0.447. The number of H-pyrrole nitrogens is 1. The van der Waals surface area contributed by atoms with E-state index >= 15 is 0 Å². The van der Waals surface area contributed by atoms with E-state index in [1.165, 1.54) is 6.92 Å². The van der Waals surface area contributed by atoms with E-state index in [0.717, 1.165) is 0 Å². The molecule has 88 valence electrons. The minimum Gasteiger partial charge on any atom is -0.493 e. The lowest BCUT2D eigenvalue weighted by Crippen LogP contribution is -2.12. The standard InChI is InChI=1S/C11H8BrClN2O2/c1-5-10(16)14-9(15-11(5)17)7-3-2-6(13)4-8(7)12/h2-4H,1H3,(H2,14,15,16,17). The molecule has 0 aliphatic rings. The molecule has 0 aliphatic heterocycles. The Hall–Kier alpha value is -1.33. The van der Waals surface area contributed by atoms with E-state index < -0.39 is 0 Å². The molecule has 0 unspecified atom stereocenters. The van der Waals surface area contributed by atoms with Crippen molar-refractivity contribution in [2.75, 3.05) is 0 Å². The van der Waals surface area contributed by atoms with Crippen molar-refractivity contribution in [3.63, 3.8) is 0 Å². The first-order valence-electron chi connectivity index (χ1n) is 4.74. The third kappa shape index (κ3) is 2.35. The van der Waals surface area contributed by atoms with Crippen molar-refractivity contribution in [1.82, 2.24) is 9.97 Å². The Morgan fingerprint density at radius 3 is 2.76 bits per heavy atom. The predicted octanol–water partition coefficient (Wildman–Crippen LogP) is 2.87. The van der Waals surface area contributed by atoms with Crippen molar-refractivity contribution in [2.24, 2.45) is 0 Å². The average molecular weight is 316 g/mol. The highest BCUT2D eigenvalue weighted by Gasteiger charge is 2.10. The van der Waals surface area contributed by atoms with Crippen LogP contribution in [0.5, 0.6) is 5.88 Å². The maximum absolute atomic E-state index is 11.5. The Morgan fingerprint density at radius 1 is 1.47 bits per heavy atom. The summed E-state index contributed by atoms with van der Waals surface area (Å²) in [4.78, 5) is 18.0. The summed E-state index contributed by atoms with van der Waals surface area (Å²) < 4.78 is 0.691. The van der Waals surface area contributed by atoms with Gasteiger partial charge in [0.15, 0.2) is 0 Å². The molecule has 1 aromatic carbocycles. The Labute approximate surface area is 110 Å². The van der Waals surface area contributed by atoms with Crippen molar-refractivity contribution in [3.8, 4) is 17.3 Å². The Bertz CT molecular complexity index is 640. The normalized spacial score (nSPS) is 10.5. The number of nitrogens with zero attached hydrogens (tertiary/aromatic N) is 1. The number of hydrogen-bond donors (Lipinski definition) is 2. The zero-order valence-electron chi connectivity index (χ0n) is 8.79. The minimum atomic E-state index is -0.366. The molecule has 0 fully saturated rings. The fourth-order valence-electron chi connectivity index (χ4n) is 1.33. The molecule has 1 heterocycles. The zero-order chi connectivity index (χ0) is 12.6. The summed E-state index contributed by atoms with van der Waals surface area (Å²) in [7, 11) is 0. The second-order valence-corrected chi connectivity index (χ2v) is 4.78. The number of hydrogen-bond acceptors (Lipinski definition) is 3. The smallest absolute Gasteiger partial charge is 0.257 e. The summed E-state index contributed by atoms with van der Waals surface area (Å²) in [6, 6.07) is 5.08. The SMILES string of the molecule is Cc1c(O)nc(-c2ccc(Cl)cc2Br)[nH]c1=O. The van der Waals surface area contributed by atoms with Gasteiger partial charge in [-0.2, -0.15) is 4.98 Å². The molecule has 0 saturated heterocycles. The minimum absolute atomic E-state index is 0.193. The number of aromatic nitrogens is 2. The van der Waals surface area contributed by atoms with Gasteiger partial charge in [0.25, 0.3) is 5.56 Å². The number of benzene rings is 1. The zero-order valence-corrected chi connectivity index (χ0v) is 11.1. The van der Waals surface area contributed by atoms with Gasteiger partial charge in [0, 0.05) is 15.1 Å². The molecule has 0 radical (unpaired) electrons. The van der Waals surface area contributed by atoms with Gasteiger partial charge < -0.3 is 10.1 Å². The van der Waals surface area contributed by atoms with Crippen molar-refractivity contribution in [1.29, 1.82) is 0 Å². The van der Waals surface area contributed by atoms with E-state index in [0.29, 0.717) is 20.9 Å². The number of nitrogens with one attached hydrogen (secondary N) is 1. The molecule has 0 aliphatic carbocycles. The third-order valence-corrected chi connectivity index (χ3v) is 3.20. The van der Waals surface area contributed by atoms with Crippen LogP contribution in [-0.2, 0) is 0 Å². The van der Waals surface area contributed by atoms with E-state index in [4.69, 9.17) is 11.6 Å². The Kier molecular flexibility index (Phi) is 3.22. The summed E-state index contributed by atoms with van der Waals surface area (Å²) in [6.45, 7) is 1.50. The van der Waals surface area contributed by atoms with Crippen LogP contribution in [0.2, 0.25) is 5.02 Å². The molecule has 6 heteroatoms. The highest BCUT2D eigenvalue weighted by atomic mass is 79.9. The molecule has 2 N–H and O–H groups in total. The van der Waals surface area contributed by atoms with Crippen molar-refractivity contribution in [3.05, 3.63) is 43.6 Å². The molecular formula is C11H8BrClN2O2. The van der Waals surface area contributed by atoms with E-state index in [2.05, 4.69) is 25.9 Å². The van der Waals surface area contributed by atoms with Crippen LogP contribution in [0.25, 0.3) is 11.4 Å². The highest BCUT2D eigenvalue weighted by Crippen LogP contribution is 2.28. The first kappa shape index (κ1) is 12.1. The molecule has 1 aromatic heterocycles. The van der Waals surface area contributed by atoms with Crippen LogP contribution in [0.3, 0.4) is 0 Å². The average Bonchev–Trinajstić information content (AvgIpc) is 2.25. The summed E-state index contributed by atoms with van der Waals surface area (Å²) >= 11 is 9.14. The highest BCUT2D eigenvalue weighted by molar-refractivity contribution is 9.10. The first-order chi connectivity index (χ1) is 7.99. The number of aromatic hydroxyl groups is 1. The fourth-order valence-corrected chi connectivity index (χ4v) is 2.20. The molecule has 0 amide bonds. The molecule has 2 rings (SSSR count). The Morgan fingerprint density at radius 2 is 2.18 bits per heavy atom. The number of rotatable bonds is 1. The fraction of sp³-hybridized carbons (Fsp3) is 0.0909. The van der Waals surface area contributed by atoms with Crippen LogP contribution in [0, 0.1) is 6.92 Å². The van der Waals surface area contributed by atoms with Crippen molar-refractivity contribution in [2.45, 2.75) is 6.92 Å². The van der Waals surface area contributed by atoms with Gasteiger partial charge in [-0.25, -0.2) is 0 Å². The first-order valence-corrected chi connectivity index (χ1v) is 5.91. The molecule has 17 heavy (non-hydrogen) atoms. The predicted molar refractivity (Wildman–Crippen MR) is 69.4 cm³/mol.